The predicted molar refractivity (Wildman–Crippen MR) is 48.3 cm³/mol. The average molecular weight is 182 g/mol. The maximum absolute atomic E-state index is 10.6. The molecule has 0 aliphatic carbocycles. The number of hydrogen-bond donors (Lipinski definition) is 0. The molecule has 0 aliphatic rings. The first-order valence-corrected chi connectivity index (χ1v) is 4.39. The lowest BCUT2D eigenvalue weighted by atomic mass is 10.4. The molecule has 72 valence electrons. The number of aldehydes is 1. The fraction of sp³-hybridized carbons (Fsp3) is 0.556. The molecule has 0 radical (unpaired) electrons. The van der Waals surface area contributed by atoms with Crippen molar-refractivity contribution >= 4 is 6.29 Å². The van der Waals surface area contributed by atoms with Crippen molar-refractivity contribution in [2.45, 2.75) is 26.0 Å². The predicted octanol–water partition coefficient (Wildman–Crippen LogP) is 0.877. The van der Waals surface area contributed by atoms with E-state index in [-0.39, 0.29) is 6.10 Å². The highest BCUT2D eigenvalue weighted by molar-refractivity contribution is 5.55. The molecule has 4 nitrogen and oxygen atoms in total. The van der Waals surface area contributed by atoms with Gasteiger partial charge in [-0.2, -0.15) is 0 Å². The second-order valence-corrected chi connectivity index (χ2v) is 2.80. The summed E-state index contributed by atoms with van der Waals surface area (Å²) in [5, 5.41) is 0. The van der Waals surface area contributed by atoms with Crippen LogP contribution in [0.15, 0.2) is 18.7 Å². The van der Waals surface area contributed by atoms with Gasteiger partial charge < -0.3 is 14.1 Å². The molecule has 1 heterocycles. The molecule has 1 aromatic rings. The lowest BCUT2D eigenvalue weighted by Crippen LogP contribution is -2.21. The van der Waals surface area contributed by atoms with E-state index in [1.165, 1.54) is 0 Å². The summed E-state index contributed by atoms with van der Waals surface area (Å²) >= 11 is 0. The molecule has 0 saturated carbocycles. The van der Waals surface area contributed by atoms with Gasteiger partial charge in [-0.05, 0) is 6.42 Å². The van der Waals surface area contributed by atoms with Gasteiger partial charge in [-0.3, -0.25) is 0 Å². The van der Waals surface area contributed by atoms with Crippen LogP contribution in [0.4, 0.5) is 0 Å². The summed E-state index contributed by atoms with van der Waals surface area (Å²) in [7, 11) is 0. The largest absolute Gasteiger partial charge is 0.369 e. The molecule has 1 unspecified atom stereocenters. The topological polar surface area (TPSA) is 44.1 Å². The Labute approximate surface area is 77.5 Å². The maximum atomic E-state index is 10.6. The molecule has 0 saturated heterocycles. The van der Waals surface area contributed by atoms with E-state index in [0.29, 0.717) is 13.2 Å². The molecule has 1 rings (SSSR count). The second kappa shape index (κ2) is 5.48. The Hall–Kier alpha value is -1.16. The summed E-state index contributed by atoms with van der Waals surface area (Å²) in [6.07, 6.45) is 6.57. The number of ether oxygens (including phenoxy) is 1. The van der Waals surface area contributed by atoms with Crippen molar-refractivity contribution in [2.24, 2.45) is 0 Å². The highest BCUT2D eigenvalue weighted by atomic mass is 16.5. The van der Waals surface area contributed by atoms with Crippen molar-refractivity contribution in [3.8, 4) is 0 Å². The molecular formula is C9H14N2O2. The quantitative estimate of drug-likeness (QED) is 0.613. The molecule has 0 spiro atoms. The zero-order valence-corrected chi connectivity index (χ0v) is 7.72. The van der Waals surface area contributed by atoms with Crippen LogP contribution in [0, 0.1) is 0 Å². The Balaban J connectivity index is 2.35. The summed E-state index contributed by atoms with van der Waals surface area (Å²) in [4.78, 5) is 14.5. The second-order valence-electron chi connectivity index (χ2n) is 2.80. The number of hydrogen-bond acceptors (Lipinski definition) is 3. The summed E-state index contributed by atoms with van der Waals surface area (Å²) in [5.74, 6) is 0. The van der Waals surface area contributed by atoms with Crippen LogP contribution in [0.25, 0.3) is 0 Å². The lowest BCUT2D eigenvalue weighted by molar-refractivity contribution is -0.118. The van der Waals surface area contributed by atoms with E-state index < -0.39 is 0 Å². The van der Waals surface area contributed by atoms with Gasteiger partial charge in [0, 0.05) is 19.0 Å². The van der Waals surface area contributed by atoms with Gasteiger partial charge in [0.1, 0.15) is 6.10 Å². The van der Waals surface area contributed by atoms with E-state index in [4.69, 9.17) is 4.74 Å². The summed E-state index contributed by atoms with van der Waals surface area (Å²) in [6, 6.07) is 0. The van der Waals surface area contributed by atoms with Crippen molar-refractivity contribution in [1.82, 2.24) is 9.55 Å². The van der Waals surface area contributed by atoms with Crippen LogP contribution in [0.1, 0.15) is 13.3 Å². The van der Waals surface area contributed by atoms with E-state index in [0.717, 1.165) is 12.7 Å². The van der Waals surface area contributed by atoms with Gasteiger partial charge in [0.2, 0.25) is 0 Å². The van der Waals surface area contributed by atoms with E-state index in [2.05, 4.69) is 4.98 Å². The minimum absolute atomic E-state index is 0.353. The van der Waals surface area contributed by atoms with Crippen LogP contribution in [-0.4, -0.2) is 28.5 Å². The van der Waals surface area contributed by atoms with Gasteiger partial charge in [-0.25, -0.2) is 4.98 Å². The maximum Gasteiger partial charge on any atom is 0.150 e. The van der Waals surface area contributed by atoms with Crippen LogP contribution >= 0.6 is 0 Å². The van der Waals surface area contributed by atoms with Crippen LogP contribution in [0.3, 0.4) is 0 Å². The molecule has 0 aliphatic heterocycles. The highest BCUT2D eigenvalue weighted by Gasteiger charge is 2.06. The van der Waals surface area contributed by atoms with Crippen LogP contribution in [-0.2, 0) is 16.1 Å². The van der Waals surface area contributed by atoms with Crippen molar-refractivity contribution in [1.29, 1.82) is 0 Å². The first-order chi connectivity index (χ1) is 6.36. The Bertz CT molecular complexity index is 234. The highest BCUT2D eigenvalue weighted by Crippen LogP contribution is 1.96. The fourth-order valence-corrected chi connectivity index (χ4v) is 1.01. The molecule has 0 amide bonds. The first-order valence-electron chi connectivity index (χ1n) is 4.39. The van der Waals surface area contributed by atoms with Gasteiger partial charge in [0.05, 0.1) is 12.9 Å². The molecule has 4 heteroatoms. The van der Waals surface area contributed by atoms with Crippen molar-refractivity contribution in [3.63, 3.8) is 0 Å². The summed E-state index contributed by atoms with van der Waals surface area (Å²) in [6.45, 7) is 3.18. The van der Waals surface area contributed by atoms with E-state index in [9.17, 15) is 4.79 Å². The zero-order valence-electron chi connectivity index (χ0n) is 7.72. The van der Waals surface area contributed by atoms with E-state index >= 15 is 0 Å². The third kappa shape index (κ3) is 3.38. The van der Waals surface area contributed by atoms with E-state index in [1.54, 1.807) is 12.5 Å². The summed E-state index contributed by atoms with van der Waals surface area (Å²) < 4.78 is 7.13. The number of carbonyl (C=O) groups excluding carboxylic acids is 1. The molecule has 1 atom stereocenters. The molecule has 0 fully saturated rings. The third-order valence-corrected chi connectivity index (χ3v) is 1.64. The van der Waals surface area contributed by atoms with Gasteiger partial charge in [-0.15, -0.1) is 0 Å². The van der Waals surface area contributed by atoms with Crippen molar-refractivity contribution in [2.75, 3.05) is 6.61 Å². The van der Waals surface area contributed by atoms with Gasteiger partial charge in [0.15, 0.2) is 6.29 Å². The SMILES string of the molecule is CCCOC(C=O)Cn1ccnc1. The monoisotopic (exact) mass is 182 g/mol. The number of aromatic nitrogens is 2. The molecule has 1 aromatic heterocycles. The van der Waals surface area contributed by atoms with E-state index in [1.807, 2.05) is 17.7 Å². The average Bonchev–Trinajstić information content (AvgIpc) is 2.64. The molecular weight excluding hydrogens is 168 g/mol. The number of carbonyl (C=O) groups is 1. The fourth-order valence-electron chi connectivity index (χ4n) is 1.01. The molecule has 0 aromatic carbocycles. The normalized spacial score (nSPS) is 12.7. The Morgan fingerprint density at radius 3 is 3.08 bits per heavy atom. The van der Waals surface area contributed by atoms with Crippen molar-refractivity contribution in [3.05, 3.63) is 18.7 Å². The third-order valence-electron chi connectivity index (χ3n) is 1.64. The lowest BCUT2D eigenvalue weighted by Gasteiger charge is -2.11. The Morgan fingerprint density at radius 2 is 2.54 bits per heavy atom. The number of rotatable bonds is 6. The minimum Gasteiger partial charge on any atom is -0.369 e. The Kier molecular flexibility index (Phi) is 4.18. The van der Waals surface area contributed by atoms with Gasteiger partial charge in [-0.1, -0.05) is 6.92 Å². The zero-order chi connectivity index (χ0) is 9.52. The van der Waals surface area contributed by atoms with Crippen molar-refractivity contribution < 1.29 is 9.53 Å². The molecule has 13 heavy (non-hydrogen) atoms. The number of nitrogens with zero attached hydrogens (tertiary/aromatic N) is 2. The van der Waals surface area contributed by atoms with Crippen LogP contribution in [0.2, 0.25) is 0 Å². The number of imidazole rings is 1. The standard InChI is InChI=1S/C9H14N2O2/c1-2-5-13-9(7-12)6-11-4-3-10-8-11/h3-4,7-9H,2,5-6H2,1H3. The van der Waals surface area contributed by atoms with Crippen LogP contribution in [0.5, 0.6) is 0 Å². The first kappa shape index (κ1) is 9.92. The molecule has 0 bridgehead atoms. The molecule has 0 N–H and O–H groups in total. The summed E-state index contributed by atoms with van der Waals surface area (Å²) in [5.41, 5.74) is 0. The smallest absolute Gasteiger partial charge is 0.150 e. The van der Waals surface area contributed by atoms with Crippen LogP contribution < -0.4 is 0 Å². The minimum atomic E-state index is -0.353. The van der Waals surface area contributed by atoms with Gasteiger partial charge in [0.25, 0.3) is 0 Å². The Morgan fingerprint density at radius 1 is 1.69 bits per heavy atom. The van der Waals surface area contributed by atoms with Gasteiger partial charge >= 0.3 is 0 Å².